The zero-order chi connectivity index (χ0) is 24.8. The van der Waals surface area contributed by atoms with Crippen LogP contribution in [0.5, 0.6) is 0 Å². The molecular formula is C22H22N8O5. The summed E-state index contributed by atoms with van der Waals surface area (Å²) in [6, 6.07) is 15.2. The van der Waals surface area contributed by atoms with Gasteiger partial charge in [-0.1, -0.05) is 36.4 Å². The summed E-state index contributed by atoms with van der Waals surface area (Å²) < 4.78 is 0. The third-order valence-electron chi connectivity index (χ3n) is 5.52. The number of hydrogen-bond acceptors (Lipinski definition) is 10. The summed E-state index contributed by atoms with van der Waals surface area (Å²) >= 11 is 0. The van der Waals surface area contributed by atoms with Crippen molar-refractivity contribution in [2.24, 2.45) is 0 Å². The summed E-state index contributed by atoms with van der Waals surface area (Å²) in [5.41, 5.74) is 5.36. The molecule has 1 aliphatic heterocycles. The molecule has 0 saturated carbocycles. The molecule has 0 radical (unpaired) electrons. The van der Waals surface area contributed by atoms with Gasteiger partial charge in [-0.2, -0.15) is 0 Å². The topological polar surface area (TPSA) is 160 Å². The average Bonchev–Trinajstić information content (AvgIpc) is 2.88. The predicted octanol–water partition coefficient (Wildman–Crippen LogP) is 2.37. The highest BCUT2D eigenvalue weighted by Gasteiger charge is 2.29. The molecule has 1 amide bonds. The van der Waals surface area contributed by atoms with Crippen molar-refractivity contribution < 1.29 is 14.6 Å². The second-order valence-electron chi connectivity index (χ2n) is 7.79. The lowest BCUT2D eigenvalue weighted by molar-refractivity contribution is -0.384. The number of nitro benzene ring substituents is 1. The first kappa shape index (κ1) is 23.5. The standard InChI is InChI=1S/C22H22N8O5/c31-22(17-7-4-8-18(13-17)29(32)33)26-25-20-19(30(34)35)21(24-15-23-20)28-11-9-27(10-12-28)14-16-5-2-1-3-6-16/h1-8,13,15H,9-12,14H2,(H,26,31)(H,23,24,25). The summed E-state index contributed by atoms with van der Waals surface area (Å²) in [6.45, 7) is 3.25. The van der Waals surface area contributed by atoms with E-state index in [0.717, 1.165) is 12.6 Å². The fourth-order valence-corrected chi connectivity index (χ4v) is 3.77. The first-order chi connectivity index (χ1) is 16.9. The minimum absolute atomic E-state index is 0.0122. The number of nitrogens with one attached hydrogen (secondary N) is 2. The number of nitrogens with zero attached hydrogens (tertiary/aromatic N) is 6. The molecule has 2 N–H and O–H groups in total. The first-order valence-electron chi connectivity index (χ1n) is 10.7. The van der Waals surface area contributed by atoms with Crippen LogP contribution in [0.4, 0.5) is 23.0 Å². The number of rotatable bonds is 8. The van der Waals surface area contributed by atoms with Crippen LogP contribution in [-0.2, 0) is 6.54 Å². The van der Waals surface area contributed by atoms with Crippen LogP contribution in [0.2, 0.25) is 0 Å². The quantitative estimate of drug-likeness (QED) is 0.363. The van der Waals surface area contributed by atoms with Gasteiger partial charge in [0.15, 0.2) is 0 Å². The molecule has 1 aromatic heterocycles. The molecule has 35 heavy (non-hydrogen) atoms. The van der Waals surface area contributed by atoms with E-state index in [1.807, 2.05) is 23.1 Å². The highest BCUT2D eigenvalue weighted by atomic mass is 16.6. The Balaban J connectivity index is 1.44. The number of hydrogen-bond donors (Lipinski definition) is 2. The van der Waals surface area contributed by atoms with Crippen molar-refractivity contribution in [3.8, 4) is 0 Å². The van der Waals surface area contributed by atoms with E-state index in [0.29, 0.717) is 26.2 Å². The van der Waals surface area contributed by atoms with Crippen molar-refractivity contribution in [1.82, 2.24) is 20.3 Å². The Morgan fingerprint density at radius 2 is 1.69 bits per heavy atom. The summed E-state index contributed by atoms with van der Waals surface area (Å²) in [7, 11) is 0. The van der Waals surface area contributed by atoms with Gasteiger partial charge < -0.3 is 4.90 Å². The third kappa shape index (κ3) is 5.65. The normalized spacial score (nSPS) is 13.8. The number of aromatic nitrogens is 2. The number of non-ortho nitro benzene ring substituents is 1. The van der Waals surface area contributed by atoms with Gasteiger partial charge in [-0.15, -0.1) is 0 Å². The van der Waals surface area contributed by atoms with Crippen molar-refractivity contribution >= 4 is 28.9 Å². The fraction of sp³-hybridized carbons (Fsp3) is 0.227. The van der Waals surface area contributed by atoms with Gasteiger partial charge in [0, 0.05) is 50.4 Å². The van der Waals surface area contributed by atoms with Crippen LogP contribution in [0, 0.1) is 20.2 Å². The summed E-state index contributed by atoms with van der Waals surface area (Å²) in [4.78, 5) is 46.1. The number of benzene rings is 2. The number of hydrazine groups is 1. The van der Waals surface area contributed by atoms with Crippen LogP contribution < -0.4 is 15.8 Å². The van der Waals surface area contributed by atoms with Gasteiger partial charge in [-0.05, 0) is 11.6 Å². The zero-order valence-corrected chi connectivity index (χ0v) is 18.5. The molecule has 2 heterocycles. The van der Waals surface area contributed by atoms with Gasteiger partial charge in [0.05, 0.1) is 9.85 Å². The molecule has 4 rings (SSSR count). The van der Waals surface area contributed by atoms with Crippen LogP contribution in [0.15, 0.2) is 60.9 Å². The average molecular weight is 478 g/mol. The van der Waals surface area contributed by atoms with Crippen LogP contribution in [0.1, 0.15) is 15.9 Å². The van der Waals surface area contributed by atoms with Crippen LogP contribution in [0.25, 0.3) is 0 Å². The van der Waals surface area contributed by atoms with Gasteiger partial charge in [0.25, 0.3) is 11.6 Å². The van der Waals surface area contributed by atoms with Crippen LogP contribution in [0.3, 0.4) is 0 Å². The predicted molar refractivity (Wildman–Crippen MR) is 127 cm³/mol. The van der Waals surface area contributed by atoms with E-state index < -0.39 is 15.8 Å². The van der Waals surface area contributed by atoms with Gasteiger partial charge in [-0.3, -0.25) is 40.8 Å². The fourth-order valence-electron chi connectivity index (χ4n) is 3.77. The number of carbonyl (C=O) groups excluding carboxylic acids is 1. The number of amides is 1. The van der Waals surface area contributed by atoms with Crippen molar-refractivity contribution in [2.75, 3.05) is 36.5 Å². The Hall–Kier alpha value is -4.65. The van der Waals surface area contributed by atoms with Crippen LogP contribution >= 0.6 is 0 Å². The highest BCUT2D eigenvalue weighted by Crippen LogP contribution is 2.32. The molecule has 13 nitrogen and oxygen atoms in total. The van der Waals surface area contributed by atoms with Crippen molar-refractivity contribution in [3.63, 3.8) is 0 Å². The molecule has 0 atom stereocenters. The van der Waals surface area contributed by atoms with E-state index in [4.69, 9.17) is 0 Å². The maximum Gasteiger partial charge on any atom is 0.355 e. The molecule has 0 bridgehead atoms. The number of nitro groups is 2. The van der Waals surface area contributed by atoms with E-state index >= 15 is 0 Å². The molecule has 13 heteroatoms. The zero-order valence-electron chi connectivity index (χ0n) is 18.5. The van der Waals surface area contributed by atoms with E-state index in [1.54, 1.807) is 0 Å². The van der Waals surface area contributed by atoms with Crippen molar-refractivity contribution in [2.45, 2.75) is 6.54 Å². The molecule has 1 aliphatic rings. The Bertz CT molecular complexity index is 1230. The van der Waals surface area contributed by atoms with Gasteiger partial charge in [-0.25, -0.2) is 9.97 Å². The van der Waals surface area contributed by atoms with Crippen molar-refractivity contribution in [1.29, 1.82) is 0 Å². The monoisotopic (exact) mass is 478 g/mol. The molecule has 0 unspecified atom stereocenters. The molecule has 0 spiro atoms. The lowest BCUT2D eigenvalue weighted by Crippen LogP contribution is -2.46. The van der Waals surface area contributed by atoms with E-state index in [9.17, 15) is 25.0 Å². The first-order valence-corrected chi connectivity index (χ1v) is 10.7. The largest absolute Gasteiger partial charge is 0.355 e. The highest BCUT2D eigenvalue weighted by molar-refractivity contribution is 5.95. The van der Waals surface area contributed by atoms with Gasteiger partial charge >= 0.3 is 5.69 Å². The van der Waals surface area contributed by atoms with Gasteiger partial charge in [0.2, 0.25) is 11.6 Å². The summed E-state index contributed by atoms with van der Waals surface area (Å²) in [5.74, 6) is -0.750. The molecule has 1 saturated heterocycles. The Morgan fingerprint density at radius 1 is 0.943 bits per heavy atom. The lowest BCUT2D eigenvalue weighted by atomic mass is 10.2. The van der Waals surface area contributed by atoms with Crippen molar-refractivity contribution in [3.05, 3.63) is 92.3 Å². The number of piperazine rings is 1. The van der Waals surface area contributed by atoms with E-state index in [1.165, 1.54) is 30.1 Å². The molecule has 180 valence electrons. The second kappa shape index (κ2) is 10.5. The molecule has 3 aromatic rings. The van der Waals surface area contributed by atoms with Crippen LogP contribution in [-0.4, -0.2) is 56.8 Å². The smallest absolute Gasteiger partial charge is 0.348 e. The summed E-state index contributed by atoms with van der Waals surface area (Å²) in [5, 5.41) is 22.8. The minimum atomic E-state index is -0.710. The molecular weight excluding hydrogens is 456 g/mol. The lowest BCUT2D eigenvalue weighted by Gasteiger charge is -2.35. The summed E-state index contributed by atoms with van der Waals surface area (Å²) in [6.07, 6.45) is 1.18. The maximum atomic E-state index is 12.4. The number of anilines is 2. The second-order valence-corrected chi connectivity index (χ2v) is 7.79. The Morgan fingerprint density at radius 3 is 2.37 bits per heavy atom. The molecule has 1 fully saturated rings. The molecule has 2 aromatic carbocycles. The number of carbonyl (C=O) groups is 1. The SMILES string of the molecule is O=C(NNc1ncnc(N2CCN(Cc3ccccc3)CC2)c1[N+](=O)[O-])c1cccc([N+](=O)[O-])c1. The molecule has 0 aliphatic carbocycles. The van der Waals surface area contributed by atoms with E-state index in [-0.39, 0.29) is 28.6 Å². The maximum absolute atomic E-state index is 12.4. The Kier molecular flexibility index (Phi) is 7.07. The minimum Gasteiger partial charge on any atom is -0.348 e. The van der Waals surface area contributed by atoms with Gasteiger partial charge in [0.1, 0.15) is 6.33 Å². The third-order valence-corrected chi connectivity index (χ3v) is 5.52. The van der Waals surface area contributed by atoms with E-state index in [2.05, 4.69) is 37.9 Å². The Labute approximate surface area is 199 Å².